The van der Waals surface area contributed by atoms with E-state index in [1.54, 1.807) is 6.07 Å². The molecule has 2 bridgehead atoms. The lowest BCUT2D eigenvalue weighted by Crippen LogP contribution is -2.62. The maximum Gasteiger partial charge on any atom is 0.276 e. The van der Waals surface area contributed by atoms with E-state index in [4.69, 9.17) is 0 Å². The van der Waals surface area contributed by atoms with E-state index in [9.17, 15) is 4.79 Å². The number of para-hydroxylation sites is 1. The molecule has 1 aromatic carbocycles. The van der Waals surface area contributed by atoms with Gasteiger partial charge in [0.1, 0.15) is 5.82 Å². The summed E-state index contributed by atoms with van der Waals surface area (Å²) in [5.41, 5.74) is 1.05. The summed E-state index contributed by atoms with van der Waals surface area (Å²) in [6.07, 6.45) is 0. The van der Waals surface area contributed by atoms with Gasteiger partial charge >= 0.3 is 0 Å². The van der Waals surface area contributed by atoms with Crippen molar-refractivity contribution in [2.24, 2.45) is 0 Å². The molecule has 5 rings (SSSR count). The lowest BCUT2D eigenvalue weighted by atomic mass is 10.1. The van der Waals surface area contributed by atoms with Crippen molar-refractivity contribution in [3.63, 3.8) is 0 Å². The van der Waals surface area contributed by atoms with Gasteiger partial charge in [-0.05, 0) is 24.3 Å². The van der Waals surface area contributed by atoms with Crippen molar-refractivity contribution in [2.75, 3.05) is 49.9 Å². The summed E-state index contributed by atoms with van der Waals surface area (Å²) in [5, 5.41) is 14.3. The van der Waals surface area contributed by atoms with E-state index in [-0.39, 0.29) is 5.91 Å². The Morgan fingerprint density at radius 3 is 2.48 bits per heavy atom. The Hall–Kier alpha value is -2.51. The molecule has 7 heteroatoms. The van der Waals surface area contributed by atoms with Gasteiger partial charge in [0, 0.05) is 51.0 Å². The number of hydrogen-bond donors (Lipinski definition) is 2. The molecule has 1 unspecified atom stereocenters. The molecule has 3 saturated heterocycles. The van der Waals surface area contributed by atoms with Crippen molar-refractivity contribution >= 4 is 17.4 Å². The van der Waals surface area contributed by atoms with Crippen LogP contribution in [-0.2, 0) is 0 Å². The van der Waals surface area contributed by atoms with Crippen LogP contribution in [0.3, 0.4) is 0 Å². The normalized spacial score (nSPS) is 24.7. The highest BCUT2D eigenvalue weighted by Gasteiger charge is 2.31. The summed E-state index contributed by atoms with van der Waals surface area (Å²) in [6, 6.07) is 13.4. The number of carbonyl (C=O) groups is 1. The Kier molecular flexibility index (Phi) is 4.58. The minimum absolute atomic E-state index is 0.256. The van der Waals surface area contributed by atoms with Crippen molar-refractivity contribution in [2.45, 2.75) is 6.04 Å². The van der Waals surface area contributed by atoms with Gasteiger partial charge in [0.05, 0.1) is 0 Å². The van der Waals surface area contributed by atoms with E-state index in [1.807, 2.05) is 36.4 Å². The summed E-state index contributed by atoms with van der Waals surface area (Å²) in [6.45, 7) is 6.62. The summed E-state index contributed by atoms with van der Waals surface area (Å²) in [7, 11) is 0. The number of hydrogen-bond acceptors (Lipinski definition) is 6. The van der Waals surface area contributed by atoms with Crippen LogP contribution in [0, 0.1) is 0 Å². The molecule has 0 spiro atoms. The van der Waals surface area contributed by atoms with Gasteiger partial charge in [0.25, 0.3) is 5.91 Å². The first kappa shape index (κ1) is 16.0. The molecule has 3 aliphatic heterocycles. The van der Waals surface area contributed by atoms with Crippen molar-refractivity contribution < 1.29 is 4.79 Å². The predicted octanol–water partition coefficient (Wildman–Crippen LogP) is 1.14. The molecular formula is C18H22N6O. The zero-order chi connectivity index (χ0) is 17.1. The summed E-state index contributed by atoms with van der Waals surface area (Å²) in [4.78, 5) is 17.2. The van der Waals surface area contributed by atoms with Crippen LogP contribution in [0.4, 0.5) is 11.5 Å². The molecule has 2 aromatic rings. The van der Waals surface area contributed by atoms with E-state index in [0.717, 1.165) is 31.9 Å². The van der Waals surface area contributed by atoms with Crippen LogP contribution in [0.2, 0.25) is 0 Å². The lowest BCUT2D eigenvalue weighted by Gasteiger charge is -2.47. The van der Waals surface area contributed by atoms with Gasteiger partial charge in [-0.2, -0.15) is 0 Å². The van der Waals surface area contributed by atoms with Crippen LogP contribution < -0.4 is 10.6 Å². The van der Waals surface area contributed by atoms with Gasteiger partial charge in [0.15, 0.2) is 5.69 Å². The monoisotopic (exact) mass is 338 g/mol. The molecule has 7 nitrogen and oxygen atoms in total. The highest BCUT2D eigenvalue weighted by molar-refractivity contribution is 6.02. The fraction of sp³-hybridized carbons (Fsp3) is 0.389. The minimum Gasteiger partial charge on any atom is -0.367 e. The minimum atomic E-state index is -0.256. The highest BCUT2D eigenvalue weighted by atomic mass is 16.1. The lowest BCUT2D eigenvalue weighted by molar-refractivity contribution is 0.0189. The number of aromatic nitrogens is 2. The quantitative estimate of drug-likeness (QED) is 0.852. The number of nitrogens with one attached hydrogen (secondary N) is 2. The molecule has 0 saturated carbocycles. The SMILES string of the molecule is O=C(Nc1ccccc1)c1ccc(NCC2CN3CCN2CC3)nn1. The third kappa shape index (κ3) is 3.78. The fourth-order valence-corrected chi connectivity index (χ4v) is 3.40. The standard InChI is InChI=1S/C18H22N6O/c25-18(20-14-4-2-1-3-5-14)16-6-7-17(22-21-16)19-12-15-13-23-8-10-24(15)11-9-23/h1-7,15H,8-13H2,(H,19,22)(H,20,25). The summed E-state index contributed by atoms with van der Waals surface area (Å²) < 4.78 is 0. The Bertz CT molecular complexity index is 712. The summed E-state index contributed by atoms with van der Waals surface area (Å²) in [5.74, 6) is 0.447. The van der Waals surface area contributed by atoms with Gasteiger partial charge < -0.3 is 10.6 Å². The zero-order valence-corrected chi connectivity index (χ0v) is 14.1. The van der Waals surface area contributed by atoms with E-state index in [2.05, 4.69) is 30.6 Å². The van der Waals surface area contributed by atoms with Crippen LogP contribution in [-0.4, -0.2) is 71.2 Å². The highest BCUT2D eigenvalue weighted by Crippen LogP contribution is 2.16. The Morgan fingerprint density at radius 1 is 1.04 bits per heavy atom. The number of benzene rings is 1. The number of nitrogens with zero attached hydrogens (tertiary/aromatic N) is 4. The van der Waals surface area contributed by atoms with E-state index >= 15 is 0 Å². The van der Waals surface area contributed by atoms with Crippen LogP contribution in [0.25, 0.3) is 0 Å². The van der Waals surface area contributed by atoms with E-state index in [1.165, 1.54) is 13.1 Å². The number of fused-ring (bicyclic) bond motifs is 3. The Balaban J connectivity index is 1.32. The number of piperazine rings is 3. The molecular weight excluding hydrogens is 316 g/mol. The molecule has 130 valence electrons. The van der Waals surface area contributed by atoms with Gasteiger partial charge in [-0.25, -0.2) is 0 Å². The third-order valence-electron chi connectivity index (χ3n) is 4.84. The molecule has 1 aromatic heterocycles. The Labute approximate surface area is 147 Å². The molecule has 25 heavy (non-hydrogen) atoms. The average Bonchev–Trinajstić information content (AvgIpc) is 2.68. The van der Waals surface area contributed by atoms with Gasteiger partial charge in [0.2, 0.25) is 0 Å². The number of anilines is 2. The third-order valence-corrected chi connectivity index (χ3v) is 4.84. The molecule has 4 heterocycles. The largest absolute Gasteiger partial charge is 0.367 e. The van der Waals surface area contributed by atoms with Crippen molar-refractivity contribution in [3.05, 3.63) is 48.2 Å². The second kappa shape index (κ2) is 7.16. The van der Waals surface area contributed by atoms with Crippen molar-refractivity contribution in [1.29, 1.82) is 0 Å². The molecule has 1 amide bonds. The van der Waals surface area contributed by atoms with Crippen LogP contribution in [0.1, 0.15) is 10.5 Å². The molecule has 1 atom stereocenters. The van der Waals surface area contributed by atoms with E-state index < -0.39 is 0 Å². The van der Waals surface area contributed by atoms with E-state index in [0.29, 0.717) is 17.6 Å². The molecule has 3 aliphatic rings. The number of amides is 1. The second-order valence-corrected chi connectivity index (χ2v) is 6.50. The summed E-state index contributed by atoms with van der Waals surface area (Å²) >= 11 is 0. The zero-order valence-electron chi connectivity index (χ0n) is 14.1. The Morgan fingerprint density at radius 2 is 1.84 bits per heavy atom. The first-order valence-electron chi connectivity index (χ1n) is 8.68. The molecule has 2 N–H and O–H groups in total. The van der Waals surface area contributed by atoms with Crippen molar-refractivity contribution in [1.82, 2.24) is 20.0 Å². The average molecular weight is 338 g/mol. The van der Waals surface area contributed by atoms with Gasteiger partial charge in [-0.1, -0.05) is 18.2 Å². The smallest absolute Gasteiger partial charge is 0.276 e. The van der Waals surface area contributed by atoms with Gasteiger partial charge in [-0.15, -0.1) is 10.2 Å². The maximum atomic E-state index is 12.2. The first-order chi connectivity index (χ1) is 12.3. The van der Waals surface area contributed by atoms with Crippen LogP contribution in [0.15, 0.2) is 42.5 Å². The molecule has 0 aliphatic carbocycles. The molecule has 0 radical (unpaired) electrons. The number of carbonyl (C=O) groups excluding carboxylic acids is 1. The number of rotatable bonds is 5. The first-order valence-corrected chi connectivity index (χ1v) is 8.68. The fourth-order valence-electron chi connectivity index (χ4n) is 3.40. The molecule has 3 fully saturated rings. The maximum absolute atomic E-state index is 12.2. The topological polar surface area (TPSA) is 73.4 Å². The van der Waals surface area contributed by atoms with Gasteiger partial charge in [-0.3, -0.25) is 14.6 Å². The van der Waals surface area contributed by atoms with Crippen molar-refractivity contribution in [3.8, 4) is 0 Å². The van der Waals surface area contributed by atoms with Crippen LogP contribution >= 0.6 is 0 Å². The predicted molar refractivity (Wildman–Crippen MR) is 96.7 cm³/mol. The van der Waals surface area contributed by atoms with Crippen LogP contribution in [0.5, 0.6) is 0 Å². The second-order valence-electron chi connectivity index (χ2n) is 6.50.